The van der Waals surface area contributed by atoms with E-state index in [9.17, 15) is 14.4 Å². The number of hydrogen-bond acceptors (Lipinski definition) is 7. The average Bonchev–Trinajstić information content (AvgIpc) is 3.46. The summed E-state index contributed by atoms with van der Waals surface area (Å²) in [5.74, 6) is -1.11. The summed E-state index contributed by atoms with van der Waals surface area (Å²) in [6.45, 7) is 4.74. The van der Waals surface area contributed by atoms with Crippen molar-refractivity contribution < 1.29 is 29.1 Å². The highest BCUT2D eigenvalue weighted by Crippen LogP contribution is 2.57. The highest BCUT2D eigenvalue weighted by Gasteiger charge is 2.65. The second kappa shape index (κ2) is 11.0. The van der Waals surface area contributed by atoms with Gasteiger partial charge in [-0.3, -0.25) is 24.6 Å². The fourth-order valence-electron chi connectivity index (χ4n) is 5.72. The van der Waals surface area contributed by atoms with Gasteiger partial charge in [0.2, 0.25) is 5.91 Å². The van der Waals surface area contributed by atoms with Gasteiger partial charge in [0.15, 0.2) is 0 Å². The molecule has 2 N–H and O–H groups in total. The van der Waals surface area contributed by atoms with E-state index < -0.39 is 29.3 Å². The van der Waals surface area contributed by atoms with E-state index in [-0.39, 0.29) is 12.5 Å². The third-order valence-electron chi connectivity index (χ3n) is 7.77. The second-order valence-electron chi connectivity index (χ2n) is 10.3. The Morgan fingerprint density at radius 1 is 1.15 bits per heavy atom. The minimum Gasteiger partial charge on any atom is -0.489 e. The zero-order valence-corrected chi connectivity index (χ0v) is 22.2. The predicted octanol–water partition coefficient (Wildman–Crippen LogP) is 3.73. The van der Waals surface area contributed by atoms with E-state index in [4.69, 9.17) is 14.7 Å². The molecule has 2 amide bonds. The van der Waals surface area contributed by atoms with Gasteiger partial charge >= 0.3 is 5.97 Å². The highest BCUT2D eigenvalue weighted by molar-refractivity contribution is 5.96. The molecule has 1 aromatic heterocycles. The quantitative estimate of drug-likeness (QED) is 0.245. The Balaban J connectivity index is 1.28. The molecule has 9 heteroatoms. The number of aryl methyl sites for hydroxylation is 1. The molecule has 1 aliphatic carbocycles. The molecule has 1 saturated carbocycles. The van der Waals surface area contributed by atoms with Gasteiger partial charge in [0, 0.05) is 23.2 Å². The minimum atomic E-state index is -0.966. The largest absolute Gasteiger partial charge is 0.489 e. The first kappa shape index (κ1) is 26.6. The first-order valence-electron chi connectivity index (χ1n) is 13.3. The fraction of sp³-hybridized carbons (Fsp3) is 0.400. The van der Waals surface area contributed by atoms with Gasteiger partial charge in [0.05, 0.1) is 23.5 Å². The Morgan fingerprint density at radius 3 is 2.67 bits per heavy atom. The number of likely N-dealkylation sites (tertiary alicyclic amines) is 1. The van der Waals surface area contributed by atoms with Crippen LogP contribution in [-0.2, 0) is 32.1 Å². The van der Waals surface area contributed by atoms with Crippen molar-refractivity contribution in [2.24, 2.45) is 11.3 Å². The van der Waals surface area contributed by atoms with Crippen LogP contribution in [-0.4, -0.2) is 52.1 Å². The third kappa shape index (κ3) is 5.31. The van der Waals surface area contributed by atoms with Crippen molar-refractivity contribution in [2.75, 3.05) is 13.2 Å². The number of rotatable bonds is 9. The smallest absolute Gasteiger partial charge is 0.313 e. The molecule has 2 aliphatic rings. The van der Waals surface area contributed by atoms with Gasteiger partial charge in [-0.2, -0.15) is 0 Å². The number of pyridine rings is 1. The third-order valence-corrected chi connectivity index (χ3v) is 7.77. The van der Waals surface area contributed by atoms with Gasteiger partial charge in [0.25, 0.3) is 5.91 Å². The second-order valence-corrected chi connectivity index (χ2v) is 10.3. The van der Waals surface area contributed by atoms with Crippen molar-refractivity contribution in [3.63, 3.8) is 0 Å². The van der Waals surface area contributed by atoms with E-state index in [1.807, 2.05) is 61.5 Å². The molecule has 9 nitrogen and oxygen atoms in total. The van der Waals surface area contributed by atoms with Crippen LogP contribution < -0.4 is 10.2 Å². The van der Waals surface area contributed by atoms with Crippen molar-refractivity contribution >= 4 is 28.7 Å². The lowest BCUT2D eigenvalue weighted by Crippen LogP contribution is -2.46. The van der Waals surface area contributed by atoms with Crippen LogP contribution in [0.4, 0.5) is 0 Å². The lowest BCUT2D eigenvalue weighted by atomic mass is 9.93. The summed E-state index contributed by atoms with van der Waals surface area (Å²) in [6, 6.07) is 16.8. The summed E-state index contributed by atoms with van der Waals surface area (Å²) < 4.78 is 11.5. The summed E-state index contributed by atoms with van der Waals surface area (Å²) in [5.41, 5.74) is 4.49. The molecule has 2 fully saturated rings. The van der Waals surface area contributed by atoms with Crippen molar-refractivity contribution in [2.45, 2.75) is 52.2 Å². The number of nitrogens with one attached hydrogen (secondary N) is 1. The number of amides is 2. The van der Waals surface area contributed by atoms with Gasteiger partial charge in [0.1, 0.15) is 18.4 Å². The first-order chi connectivity index (χ1) is 18.9. The molecule has 3 atom stereocenters. The van der Waals surface area contributed by atoms with Crippen molar-refractivity contribution in [3.05, 3.63) is 71.4 Å². The Bertz CT molecular complexity index is 1390. The maximum Gasteiger partial charge on any atom is 0.313 e. The van der Waals surface area contributed by atoms with E-state index in [0.29, 0.717) is 44.6 Å². The average molecular weight is 532 g/mol. The maximum absolute atomic E-state index is 13.4. The topological polar surface area (TPSA) is 118 Å². The molecule has 5 rings (SSSR count). The summed E-state index contributed by atoms with van der Waals surface area (Å²) in [4.78, 5) is 44.5. The van der Waals surface area contributed by atoms with E-state index in [1.54, 1.807) is 12.4 Å². The Hall–Kier alpha value is -3.98. The normalized spacial score (nSPS) is 22.0. The number of benzene rings is 2. The Morgan fingerprint density at radius 2 is 1.92 bits per heavy atom. The Kier molecular flexibility index (Phi) is 7.52. The lowest BCUT2D eigenvalue weighted by molar-refractivity contribution is -0.153. The SMILES string of the molecule is CCOC(=O)[C@@]1(Cc2ccc(OCc3cc(C)nc4ccccc34)cc2)C[C@@H]1C(=O)N1CCC[C@@H]1C(=O)NO. The van der Waals surface area contributed by atoms with E-state index in [0.717, 1.165) is 27.7 Å². The van der Waals surface area contributed by atoms with Gasteiger partial charge < -0.3 is 14.4 Å². The summed E-state index contributed by atoms with van der Waals surface area (Å²) in [7, 11) is 0. The van der Waals surface area contributed by atoms with Crippen molar-refractivity contribution in [1.82, 2.24) is 15.4 Å². The molecular weight excluding hydrogens is 498 g/mol. The molecule has 1 saturated heterocycles. The summed E-state index contributed by atoms with van der Waals surface area (Å²) in [5, 5.41) is 10.1. The van der Waals surface area contributed by atoms with Crippen molar-refractivity contribution in [1.29, 1.82) is 0 Å². The number of carbonyl (C=O) groups excluding carboxylic acids is 3. The molecule has 2 aromatic carbocycles. The van der Waals surface area contributed by atoms with Gasteiger partial charge in [-0.05, 0) is 69.4 Å². The van der Waals surface area contributed by atoms with Gasteiger partial charge in [-0.25, -0.2) is 5.48 Å². The van der Waals surface area contributed by atoms with Crippen LogP contribution in [0.2, 0.25) is 0 Å². The molecule has 0 radical (unpaired) electrons. The van der Waals surface area contributed by atoms with E-state index in [1.165, 1.54) is 4.90 Å². The van der Waals surface area contributed by atoms with Crippen molar-refractivity contribution in [3.8, 4) is 5.75 Å². The summed E-state index contributed by atoms with van der Waals surface area (Å²) in [6.07, 6.45) is 1.86. The number of hydroxylamine groups is 1. The highest BCUT2D eigenvalue weighted by atomic mass is 16.5. The number of aromatic nitrogens is 1. The fourth-order valence-corrected chi connectivity index (χ4v) is 5.72. The standard InChI is InChI=1S/C30H33N3O6/c1-3-38-29(36)30(17-24(30)28(35)33-14-6-9-26(33)27(34)32-37)16-20-10-12-22(13-11-20)39-18-21-15-19(2)31-25-8-5-4-7-23(21)25/h4-5,7-8,10-13,15,24,26,37H,3,6,9,14,16-18H2,1-2H3,(H,32,34)/t24-,26-,30+/m1/s1. The van der Waals surface area contributed by atoms with Crippen LogP contribution in [0.15, 0.2) is 54.6 Å². The Labute approximate surface area is 227 Å². The number of nitrogens with zero attached hydrogens (tertiary/aromatic N) is 2. The number of esters is 1. The number of para-hydroxylation sites is 1. The molecule has 204 valence electrons. The lowest BCUT2D eigenvalue weighted by Gasteiger charge is -2.24. The van der Waals surface area contributed by atoms with Gasteiger partial charge in [-0.15, -0.1) is 0 Å². The molecule has 0 spiro atoms. The molecule has 0 unspecified atom stereocenters. The van der Waals surface area contributed by atoms with Crippen LogP contribution in [0.5, 0.6) is 5.75 Å². The number of fused-ring (bicyclic) bond motifs is 1. The molecule has 39 heavy (non-hydrogen) atoms. The zero-order chi connectivity index (χ0) is 27.6. The van der Waals surface area contributed by atoms with Crippen LogP contribution in [0, 0.1) is 18.3 Å². The predicted molar refractivity (Wildman–Crippen MR) is 143 cm³/mol. The molecule has 1 aliphatic heterocycles. The zero-order valence-electron chi connectivity index (χ0n) is 22.2. The van der Waals surface area contributed by atoms with E-state index in [2.05, 4.69) is 4.98 Å². The molecule has 0 bridgehead atoms. The molecule has 3 aromatic rings. The van der Waals surface area contributed by atoms with Crippen LogP contribution in [0.25, 0.3) is 10.9 Å². The first-order valence-corrected chi connectivity index (χ1v) is 13.3. The number of carbonyl (C=O) groups is 3. The monoisotopic (exact) mass is 531 g/mol. The van der Waals surface area contributed by atoms with Gasteiger partial charge in [-0.1, -0.05) is 30.3 Å². The summed E-state index contributed by atoms with van der Waals surface area (Å²) >= 11 is 0. The number of hydrogen-bond donors (Lipinski definition) is 2. The van der Waals surface area contributed by atoms with E-state index >= 15 is 0 Å². The van der Waals surface area contributed by atoms with Crippen LogP contribution >= 0.6 is 0 Å². The minimum absolute atomic E-state index is 0.219. The molecular formula is C30H33N3O6. The molecule has 2 heterocycles. The van der Waals surface area contributed by atoms with Crippen LogP contribution in [0.3, 0.4) is 0 Å². The maximum atomic E-state index is 13.4. The van der Waals surface area contributed by atoms with Crippen LogP contribution in [0.1, 0.15) is 43.0 Å². The number of ether oxygens (including phenoxy) is 2.